The van der Waals surface area contributed by atoms with E-state index in [1.54, 1.807) is 12.1 Å². The number of pyridine rings is 1. The second-order valence-electron chi connectivity index (χ2n) is 3.97. The summed E-state index contributed by atoms with van der Waals surface area (Å²) in [4.78, 5) is 4.05. The summed E-state index contributed by atoms with van der Waals surface area (Å²) in [6.07, 6.45) is 1.31. The third-order valence-electron chi connectivity index (χ3n) is 2.43. The van der Waals surface area contributed by atoms with Crippen molar-refractivity contribution in [2.75, 3.05) is 4.72 Å². The van der Waals surface area contributed by atoms with E-state index in [1.807, 2.05) is 19.1 Å². The molecule has 0 unspecified atom stereocenters. The molecule has 2 rings (SSSR count). The van der Waals surface area contributed by atoms with E-state index < -0.39 is 10.0 Å². The molecule has 0 radical (unpaired) electrons. The molecule has 1 N–H and O–H groups in total. The third kappa shape index (κ3) is 3.09. The Morgan fingerprint density at radius 2 is 2.05 bits per heavy atom. The molecule has 6 heteroatoms. The molecule has 1 heterocycles. The van der Waals surface area contributed by atoms with E-state index in [0.29, 0.717) is 5.56 Å². The van der Waals surface area contributed by atoms with Crippen molar-refractivity contribution in [2.45, 2.75) is 11.8 Å². The first-order chi connectivity index (χ1) is 9.01. The molecule has 0 fully saturated rings. The van der Waals surface area contributed by atoms with Gasteiger partial charge in [-0.3, -0.25) is 4.72 Å². The van der Waals surface area contributed by atoms with Gasteiger partial charge in [0.25, 0.3) is 10.0 Å². The minimum atomic E-state index is -3.65. The first-order valence-corrected chi connectivity index (χ1v) is 6.95. The van der Waals surface area contributed by atoms with E-state index in [1.165, 1.54) is 24.4 Å². The first-order valence-electron chi connectivity index (χ1n) is 5.47. The average molecular weight is 273 g/mol. The summed E-state index contributed by atoms with van der Waals surface area (Å²) < 4.78 is 26.5. The minimum absolute atomic E-state index is 0.179. The molecule has 19 heavy (non-hydrogen) atoms. The van der Waals surface area contributed by atoms with Crippen LogP contribution < -0.4 is 4.72 Å². The number of benzene rings is 1. The number of sulfonamides is 1. The van der Waals surface area contributed by atoms with Crippen molar-refractivity contribution >= 4 is 15.8 Å². The fourth-order valence-electron chi connectivity index (χ4n) is 1.50. The quantitative estimate of drug-likeness (QED) is 0.927. The molecule has 0 aliphatic carbocycles. The Balaban J connectivity index is 2.28. The Morgan fingerprint density at radius 1 is 1.26 bits per heavy atom. The number of nitrogens with one attached hydrogen (secondary N) is 1. The van der Waals surface area contributed by atoms with Crippen LogP contribution in [0.3, 0.4) is 0 Å². The normalized spacial score (nSPS) is 10.7. The van der Waals surface area contributed by atoms with Crippen LogP contribution in [0.4, 0.5) is 5.82 Å². The van der Waals surface area contributed by atoms with Crippen LogP contribution in [0.25, 0.3) is 0 Å². The summed E-state index contributed by atoms with van der Waals surface area (Å²) in [5.41, 5.74) is 1.23. The molecular formula is C13H11N3O2S. The predicted octanol–water partition coefficient (Wildman–Crippen LogP) is 2.06. The van der Waals surface area contributed by atoms with Crippen molar-refractivity contribution in [2.24, 2.45) is 0 Å². The van der Waals surface area contributed by atoms with Gasteiger partial charge in [0.15, 0.2) is 0 Å². The smallest absolute Gasteiger partial charge is 0.263 e. The molecule has 0 saturated heterocycles. The van der Waals surface area contributed by atoms with Crippen molar-refractivity contribution in [1.29, 1.82) is 5.26 Å². The molecule has 1 aromatic carbocycles. The van der Waals surface area contributed by atoms with Crippen LogP contribution in [0.5, 0.6) is 0 Å². The van der Waals surface area contributed by atoms with Gasteiger partial charge in [-0.15, -0.1) is 0 Å². The lowest BCUT2D eigenvalue weighted by molar-refractivity contribution is 0.601. The van der Waals surface area contributed by atoms with E-state index in [2.05, 4.69) is 9.71 Å². The van der Waals surface area contributed by atoms with Gasteiger partial charge in [0, 0.05) is 6.20 Å². The lowest BCUT2D eigenvalue weighted by Gasteiger charge is -2.07. The SMILES string of the molecule is Cc1cccc(S(=O)(=O)Nc2ccc(C#N)cn2)c1. The first kappa shape index (κ1) is 13.1. The summed E-state index contributed by atoms with van der Waals surface area (Å²) in [6, 6.07) is 11.5. The summed E-state index contributed by atoms with van der Waals surface area (Å²) in [6.45, 7) is 1.82. The highest BCUT2D eigenvalue weighted by atomic mass is 32.2. The van der Waals surface area contributed by atoms with Gasteiger partial charge < -0.3 is 0 Å². The van der Waals surface area contributed by atoms with E-state index in [9.17, 15) is 8.42 Å². The maximum Gasteiger partial charge on any atom is 0.263 e. The van der Waals surface area contributed by atoms with E-state index >= 15 is 0 Å². The van der Waals surface area contributed by atoms with Gasteiger partial charge in [0.2, 0.25) is 0 Å². The molecule has 5 nitrogen and oxygen atoms in total. The second kappa shape index (κ2) is 5.08. The van der Waals surface area contributed by atoms with Crippen LogP contribution in [-0.4, -0.2) is 13.4 Å². The number of aryl methyl sites for hydroxylation is 1. The van der Waals surface area contributed by atoms with Gasteiger partial charge in [-0.1, -0.05) is 12.1 Å². The largest absolute Gasteiger partial charge is 0.263 e. The van der Waals surface area contributed by atoms with Crippen molar-refractivity contribution in [1.82, 2.24) is 4.98 Å². The number of rotatable bonds is 3. The number of hydrogen-bond donors (Lipinski definition) is 1. The molecule has 0 atom stereocenters. The molecule has 0 bridgehead atoms. The monoisotopic (exact) mass is 273 g/mol. The van der Waals surface area contributed by atoms with Crippen molar-refractivity contribution in [3.63, 3.8) is 0 Å². The summed E-state index contributed by atoms with van der Waals surface area (Å²) in [7, 11) is -3.65. The summed E-state index contributed by atoms with van der Waals surface area (Å²) in [5.74, 6) is 0.181. The maximum atomic E-state index is 12.1. The van der Waals surface area contributed by atoms with E-state index in [4.69, 9.17) is 5.26 Å². The van der Waals surface area contributed by atoms with Crippen molar-refractivity contribution < 1.29 is 8.42 Å². The zero-order chi connectivity index (χ0) is 13.9. The fraction of sp³-hybridized carbons (Fsp3) is 0.0769. The predicted molar refractivity (Wildman–Crippen MR) is 70.9 cm³/mol. The fourth-order valence-corrected chi connectivity index (χ4v) is 2.61. The van der Waals surface area contributed by atoms with Gasteiger partial charge >= 0.3 is 0 Å². The van der Waals surface area contributed by atoms with Crippen LogP contribution in [0.2, 0.25) is 0 Å². The van der Waals surface area contributed by atoms with Gasteiger partial charge in [-0.05, 0) is 36.8 Å². The van der Waals surface area contributed by atoms with Gasteiger partial charge in [0.1, 0.15) is 11.9 Å². The Bertz CT molecular complexity index is 731. The highest BCUT2D eigenvalue weighted by molar-refractivity contribution is 7.92. The molecule has 2 aromatic rings. The van der Waals surface area contributed by atoms with Gasteiger partial charge in [-0.25, -0.2) is 13.4 Å². The van der Waals surface area contributed by atoms with Gasteiger partial charge in [-0.2, -0.15) is 5.26 Å². The molecule has 0 aliphatic heterocycles. The molecule has 0 aliphatic rings. The highest BCUT2D eigenvalue weighted by Gasteiger charge is 2.14. The molecule has 0 saturated carbocycles. The molecular weight excluding hydrogens is 262 g/mol. The molecule has 1 aromatic heterocycles. The molecule has 96 valence electrons. The minimum Gasteiger partial charge on any atom is -0.263 e. The third-order valence-corrected chi connectivity index (χ3v) is 3.78. The van der Waals surface area contributed by atoms with Crippen LogP contribution in [-0.2, 0) is 10.0 Å². The number of nitrogens with zero attached hydrogens (tertiary/aromatic N) is 2. The number of nitriles is 1. The molecule has 0 amide bonds. The van der Waals surface area contributed by atoms with Crippen molar-refractivity contribution in [3.05, 3.63) is 53.7 Å². The zero-order valence-corrected chi connectivity index (χ0v) is 11.0. The van der Waals surface area contributed by atoms with E-state index in [0.717, 1.165) is 5.56 Å². The summed E-state index contributed by atoms with van der Waals surface area (Å²) >= 11 is 0. The van der Waals surface area contributed by atoms with Crippen LogP contribution >= 0.6 is 0 Å². The van der Waals surface area contributed by atoms with Crippen molar-refractivity contribution in [3.8, 4) is 6.07 Å². The van der Waals surface area contributed by atoms with Crippen LogP contribution in [0, 0.1) is 18.3 Å². The average Bonchev–Trinajstić information content (AvgIpc) is 2.39. The second-order valence-corrected chi connectivity index (χ2v) is 5.65. The number of hydrogen-bond acceptors (Lipinski definition) is 4. The maximum absolute atomic E-state index is 12.1. The lowest BCUT2D eigenvalue weighted by atomic mass is 10.2. The Kier molecular flexibility index (Phi) is 3.49. The Morgan fingerprint density at radius 3 is 2.63 bits per heavy atom. The number of anilines is 1. The molecule has 0 spiro atoms. The number of aromatic nitrogens is 1. The highest BCUT2D eigenvalue weighted by Crippen LogP contribution is 2.15. The van der Waals surface area contributed by atoms with E-state index in [-0.39, 0.29) is 10.7 Å². The zero-order valence-electron chi connectivity index (χ0n) is 10.2. The van der Waals surface area contributed by atoms with Crippen LogP contribution in [0.1, 0.15) is 11.1 Å². The van der Waals surface area contributed by atoms with Crippen LogP contribution in [0.15, 0.2) is 47.5 Å². The standard InChI is InChI=1S/C13H11N3O2S/c1-10-3-2-4-12(7-10)19(17,18)16-13-6-5-11(8-14)9-15-13/h2-7,9H,1H3,(H,15,16). The Hall–Kier alpha value is -2.39. The summed E-state index contributed by atoms with van der Waals surface area (Å²) in [5, 5.41) is 8.64. The Labute approximate surface area is 111 Å². The van der Waals surface area contributed by atoms with Gasteiger partial charge in [0.05, 0.1) is 10.5 Å². The lowest BCUT2D eigenvalue weighted by Crippen LogP contribution is -2.13. The topological polar surface area (TPSA) is 82.9 Å².